The molecule has 1 aromatic carbocycles. The van der Waals surface area contributed by atoms with Gasteiger partial charge < -0.3 is 0 Å². The lowest BCUT2D eigenvalue weighted by atomic mass is 10.2. The Kier molecular flexibility index (Phi) is 40.3. The minimum atomic E-state index is 1.07. The molecule has 0 radical (unpaired) electrons. The van der Waals surface area contributed by atoms with Crippen molar-refractivity contribution in [2.75, 3.05) is 0 Å². The molecule has 0 aliphatic carbocycles. The van der Waals surface area contributed by atoms with Gasteiger partial charge in [0.2, 0.25) is 0 Å². The number of aromatic nitrogens is 2. The van der Waals surface area contributed by atoms with Crippen molar-refractivity contribution in [3.8, 4) is 0 Å². The molecule has 35 heavy (non-hydrogen) atoms. The van der Waals surface area contributed by atoms with E-state index in [0.717, 1.165) is 5.69 Å². The minimum Gasteiger partial charge on any atom is -0.265 e. The summed E-state index contributed by atoms with van der Waals surface area (Å²) >= 11 is 1.74. The van der Waals surface area contributed by atoms with E-state index in [1.165, 1.54) is 16.7 Å². The Balaban J connectivity index is -0.000000167. The summed E-state index contributed by atoms with van der Waals surface area (Å²) in [5.41, 5.74) is 5.01. The Morgan fingerprint density at radius 2 is 0.971 bits per heavy atom. The molecule has 4 aromatic rings. The van der Waals surface area contributed by atoms with Crippen molar-refractivity contribution in [3.63, 3.8) is 0 Å². The number of benzene rings is 1. The largest absolute Gasteiger partial charge is 0.265 e. The van der Waals surface area contributed by atoms with E-state index < -0.39 is 0 Å². The molecule has 3 aromatic heterocycles. The van der Waals surface area contributed by atoms with Crippen molar-refractivity contribution in [1.82, 2.24) is 9.97 Å². The molecule has 0 N–H and O–H groups in total. The maximum Gasteiger partial charge on any atom is 0.0372 e. The molecule has 0 spiro atoms. The fourth-order valence-electron chi connectivity index (χ4n) is 1.74. The average Bonchev–Trinajstić information content (AvgIpc) is 3.42. The van der Waals surface area contributed by atoms with Gasteiger partial charge in [-0.2, -0.15) is 11.3 Å². The predicted molar refractivity (Wildman–Crippen MR) is 164 cm³/mol. The summed E-state index contributed by atoms with van der Waals surface area (Å²) in [7, 11) is 0. The first-order valence-corrected chi connectivity index (χ1v) is 13.8. The lowest BCUT2D eigenvalue weighted by Gasteiger charge is -1.82. The molecule has 0 amide bonds. The van der Waals surface area contributed by atoms with E-state index in [-0.39, 0.29) is 0 Å². The first-order valence-electron chi connectivity index (χ1n) is 12.8. The van der Waals surface area contributed by atoms with Gasteiger partial charge in [-0.25, -0.2) is 0 Å². The fraction of sp³-hybridized carbons (Fsp3) is 0.375. The lowest BCUT2D eigenvalue weighted by molar-refractivity contribution is 1.20. The van der Waals surface area contributed by atoms with Crippen molar-refractivity contribution in [2.24, 2.45) is 0 Å². The van der Waals surface area contributed by atoms with Crippen LogP contribution in [0.1, 0.15) is 77.8 Å². The third kappa shape index (κ3) is 33.5. The van der Waals surface area contributed by atoms with Gasteiger partial charge in [0.1, 0.15) is 0 Å². The zero-order valence-electron chi connectivity index (χ0n) is 24.5. The summed E-state index contributed by atoms with van der Waals surface area (Å²) in [6, 6.07) is 22.2. The first kappa shape index (κ1) is 39.4. The van der Waals surface area contributed by atoms with Crippen LogP contribution >= 0.6 is 11.3 Å². The van der Waals surface area contributed by atoms with Crippen LogP contribution in [-0.2, 0) is 0 Å². The molecule has 0 bridgehead atoms. The number of rotatable bonds is 0. The topological polar surface area (TPSA) is 25.8 Å². The Hall–Kier alpha value is -2.78. The summed E-state index contributed by atoms with van der Waals surface area (Å²) in [6.07, 6.45) is 5.36. The molecule has 0 aliphatic rings. The quantitative estimate of drug-likeness (QED) is 0.242. The van der Waals surface area contributed by atoms with Gasteiger partial charge in [0.05, 0.1) is 0 Å². The van der Waals surface area contributed by atoms with Crippen LogP contribution in [0.2, 0.25) is 0 Å². The van der Waals surface area contributed by atoms with Gasteiger partial charge in [-0.05, 0) is 79.9 Å². The van der Waals surface area contributed by atoms with Gasteiger partial charge in [0, 0.05) is 24.3 Å². The summed E-state index contributed by atoms with van der Waals surface area (Å²) in [5, 5.41) is 4.20. The van der Waals surface area contributed by atoms with Crippen molar-refractivity contribution < 1.29 is 0 Å². The van der Waals surface area contributed by atoms with Crippen LogP contribution in [0, 0.1) is 27.7 Å². The second-order valence-electron chi connectivity index (χ2n) is 5.95. The molecule has 0 unspecified atom stereocenters. The third-order valence-corrected chi connectivity index (χ3v) is 4.06. The zero-order valence-corrected chi connectivity index (χ0v) is 25.4. The Labute approximate surface area is 222 Å². The van der Waals surface area contributed by atoms with Crippen LogP contribution in [0.5, 0.6) is 0 Å². The number of aryl methyl sites for hydroxylation is 4. The van der Waals surface area contributed by atoms with Gasteiger partial charge in [0.15, 0.2) is 0 Å². The van der Waals surface area contributed by atoms with Gasteiger partial charge in [-0.3, -0.25) is 9.97 Å². The second-order valence-corrected chi connectivity index (χ2v) is 6.73. The predicted octanol–water partition coefficient (Wildman–Crippen LogP) is 10.9. The highest BCUT2D eigenvalue weighted by Gasteiger charge is 1.75. The molecule has 0 saturated heterocycles. The maximum atomic E-state index is 3.98. The molecular formula is C32H52N2S. The van der Waals surface area contributed by atoms with Crippen LogP contribution in [0.3, 0.4) is 0 Å². The highest BCUT2D eigenvalue weighted by Crippen LogP contribution is 2.01. The zero-order chi connectivity index (χ0) is 27.7. The Morgan fingerprint density at radius 1 is 0.486 bits per heavy atom. The molecule has 2 nitrogen and oxygen atoms in total. The molecule has 3 heteroatoms. The monoisotopic (exact) mass is 496 g/mol. The van der Waals surface area contributed by atoms with E-state index in [2.05, 4.69) is 52.8 Å². The highest BCUT2D eigenvalue weighted by molar-refractivity contribution is 7.07. The summed E-state index contributed by atoms with van der Waals surface area (Å²) in [5.74, 6) is 0. The standard InChI is InChI=1S/C7H8.2C6H7N.C5H6S.4C2H6/c1-7-5-3-2-4-6-7;1-6-2-4-7-5-3-6;1-6-4-2-3-5-7-6;1-5-2-3-6-4-5;4*1-2/h2-6H,1H3;2*2-5H,1H3;2-4H,1H3;4*1-2H3. The van der Waals surface area contributed by atoms with Crippen LogP contribution in [0.25, 0.3) is 0 Å². The normalized spacial score (nSPS) is 7.43. The van der Waals surface area contributed by atoms with E-state index in [4.69, 9.17) is 0 Å². The molecule has 0 aliphatic heterocycles. The molecule has 0 saturated carbocycles. The van der Waals surface area contributed by atoms with Crippen LogP contribution in [0.4, 0.5) is 0 Å². The number of hydrogen-bond acceptors (Lipinski definition) is 3. The molecule has 4 rings (SSSR count). The molecule has 0 atom stereocenters. The lowest BCUT2D eigenvalue weighted by Crippen LogP contribution is -1.72. The van der Waals surface area contributed by atoms with Crippen molar-refractivity contribution >= 4 is 11.3 Å². The summed E-state index contributed by atoms with van der Waals surface area (Å²) in [6.45, 7) is 24.2. The van der Waals surface area contributed by atoms with E-state index in [9.17, 15) is 0 Å². The minimum absolute atomic E-state index is 1.07. The van der Waals surface area contributed by atoms with E-state index in [1.54, 1.807) is 29.9 Å². The van der Waals surface area contributed by atoms with E-state index in [1.807, 2.05) is 118 Å². The molecule has 0 fully saturated rings. The SMILES string of the molecule is CC.CC.CC.CC.Cc1ccccc1.Cc1ccccn1.Cc1ccncc1.Cc1ccsc1. The van der Waals surface area contributed by atoms with Gasteiger partial charge in [0.25, 0.3) is 0 Å². The number of pyridine rings is 2. The second kappa shape index (κ2) is 35.8. The number of nitrogens with zero attached hydrogens (tertiary/aromatic N) is 2. The maximum absolute atomic E-state index is 3.98. The molecule has 3 heterocycles. The van der Waals surface area contributed by atoms with Crippen LogP contribution < -0.4 is 0 Å². The fourth-order valence-corrected chi connectivity index (χ4v) is 2.41. The Bertz CT molecular complexity index is 711. The summed E-state index contributed by atoms with van der Waals surface area (Å²) < 4.78 is 0. The van der Waals surface area contributed by atoms with Crippen LogP contribution in [0.15, 0.2) is 96.1 Å². The van der Waals surface area contributed by atoms with Crippen LogP contribution in [-0.4, -0.2) is 9.97 Å². The number of hydrogen-bond donors (Lipinski definition) is 0. The van der Waals surface area contributed by atoms with Crippen molar-refractivity contribution in [1.29, 1.82) is 0 Å². The van der Waals surface area contributed by atoms with E-state index >= 15 is 0 Å². The van der Waals surface area contributed by atoms with Gasteiger partial charge >= 0.3 is 0 Å². The highest BCUT2D eigenvalue weighted by atomic mass is 32.1. The van der Waals surface area contributed by atoms with Gasteiger partial charge in [-0.15, -0.1) is 0 Å². The van der Waals surface area contributed by atoms with E-state index in [0.29, 0.717) is 0 Å². The Morgan fingerprint density at radius 3 is 1.17 bits per heavy atom. The van der Waals surface area contributed by atoms with Gasteiger partial charge in [-0.1, -0.05) is 97.4 Å². The average molecular weight is 497 g/mol. The number of thiophene rings is 1. The molecular weight excluding hydrogens is 444 g/mol. The molecule has 196 valence electrons. The van der Waals surface area contributed by atoms with Crippen molar-refractivity contribution in [2.45, 2.75) is 83.1 Å². The first-order chi connectivity index (χ1) is 17.1. The third-order valence-electron chi connectivity index (χ3n) is 3.26. The smallest absolute Gasteiger partial charge is 0.0372 e. The van der Waals surface area contributed by atoms with Crippen molar-refractivity contribution in [3.05, 3.63) is 118 Å². The summed E-state index contributed by atoms with van der Waals surface area (Å²) in [4.78, 5) is 7.82.